The summed E-state index contributed by atoms with van der Waals surface area (Å²) < 4.78 is 6.83. The Hall–Kier alpha value is -7.20. The molecule has 10 aromatic rings. The minimum absolute atomic E-state index is 0.211. The summed E-state index contributed by atoms with van der Waals surface area (Å²) in [5, 5.41) is 8.20. The fourth-order valence-corrected chi connectivity index (χ4v) is 18.6. The highest BCUT2D eigenvalue weighted by Crippen LogP contribution is 2.64. The molecule has 0 atom stereocenters. The molecule has 0 radical (unpaired) electrons. The van der Waals surface area contributed by atoms with Crippen molar-refractivity contribution in [3.63, 3.8) is 0 Å². The lowest BCUT2D eigenvalue weighted by atomic mass is 9.52. The lowest BCUT2D eigenvalue weighted by molar-refractivity contribution is 0.555. The van der Waals surface area contributed by atoms with Crippen LogP contribution in [0.4, 0.5) is 17.1 Å². The first-order valence-corrected chi connectivity index (χ1v) is 24.3. The van der Waals surface area contributed by atoms with Crippen LogP contribution in [0.5, 0.6) is 0 Å². The zero-order valence-electron chi connectivity index (χ0n) is 35.8. The van der Waals surface area contributed by atoms with E-state index in [1.165, 1.54) is 105 Å². The Morgan fingerprint density at radius 1 is 0.429 bits per heavy atom. The minimum Gasteiger partial charge on any atom is -0.456 e. The first-order chi connectivity index (χ1) is 30.8. The van der Waals surface area contributed by atoms with E-state index in [4.69, 9.17) is 4.42 Å². The highest BCUT2D eigenvalue weighted by Gasteiger charge is 2.56. The molecule has 0 amide bonds. The van der Waals surface area contributed by atoms with Gasteiger partial charge in [-0.2, -0.15) is 0 Å². The Bertz CT molecular complexity index is 3540. The van der Waals surface area contributed by atoms with E-state index in [-0.39, 0.29) is 5.41 Å². The van der Waals surface area contributed by atoms with Crippen molar-refractivity contribution in [3.8, 4) is 22.3 Å². The van der Waals surface area contributed by atoms with E-state index in [0.717, 1.165) is 21.9 Å². The average molecular weight is 822 g/mol. The molecule has 9 aromatic carbocycles. The molecule has 298 valence electrons. The van der Waals surface area contributed by atoms with Gasteiger partial charge in [-0.05, 0) is 121 Å². The van der Waals surface area contributed by atoms with Crippen molar-refractivity contribution in [3.05, 3.63) is 233 Å². The first kappa shape index (κ1) is 35.4. The monoisotopic (exact) mass is 821 g/mol. The van der Waals surface area contributed by atoms with E-state index in [1.807, 2.05) is 0 Å². The molecule has 1 aliphatic carbocycles. The number of fused-ring (bicyclic) bond motifs is 22. The van der Waals surface area contributed by atoms with Gasteiger partial charge < -0.3 is 9.32 Å². The van der Waals surface area contributed by atoms with Crippen LogP contribution in [0.1, 0.15) is 58.4 Å². The molecular formula is C60H43NOSi. The van der Waals surface area contributed by atoms with E-state index in [0.29, 0.717) is 0 Å². The van der Waals surface area contributed by atoms with Gasteiger partial charge in [0.15, 0.2) is 8.07 Å². The molecule has 14 rings (SSSR count). The third-order valence-electron chi connectivity index (χ3n) is 15.4. The Kier molecular flexibility index (Phi) is 6.76. The van der Waals surface area contributed by atoms with Gasteiger partial charge in [-0.3, -0.25) is 0 Å². The van der Waals surface area contributed by atoms with Crippen LogP contribution in [0, 0.1) is 13.8 Å². The summed E-state index contributed by atoms with van der Waals surface area (Å²) in [6.07, 6.45) is 0. The molecule has 0 fully saturated rings. The van der Waals surface area contributed by atoms with E-state index in [1.54, 1.807) is 0 Å². The van der Waals surface area contributed by atoms with Crippen LogP contribution >= 0.6 is 0 Å². The third-order valence-corrected chi connectivity index (χ3v) is 20.4. The number of rotatable bonds is 1. The smallest absolute Gasteiger partial charge is 0.182 e. The van der Waals surface area contributed by atoms with Crippen molar-refractivity contribution >= 4 is 67.8 Å². The zero-order chi connectivity index (χ0) is 42.0. The van der Waals surface area contributed by atoms with Crippen LogP contribution < -0.4 is 25.6 Å². The zero-order valence-corrected chi connectivity index (χ0v) is 36.8. The molecule has 3 aliphatic heterocycles. The number of nitrogens with zero attached hydrogens (tertiary/aromatic N) is 1. The number of anilines is 3. The fraction of sp³-hybridized carbons (Fsp3) is 0.100. The van der Waals surface area contributed by atoms with Gasteiger partial charge in [-0.1, -0.05) is 183 Å². The van der Waals surface area contributed by atoms with E-state index in [9.17, 15) is 0 Å². The van der Waals surface area contributed by atoms with Crippen LogP contribution in [0.25, 0.3) is 44.2 Å². The number of aryl methyl sites for hydroxylation is 2. The summed E-state index contributed by atoms with van der Waals surface area (Å²) >= 11 is 0. The molecule has 0 N–H and O–H groups in total. The van der Waals surface area contributed by atoms with Crippen LogP contribution in [-0.4, -0.2) is 8.07 Å². The number of hydrogen-bond acceptors (Lipinski definition) is 2. The van der Waals surface area contributed by atoms with Crippen molar-refractivity contribution in [1.29, 1.82) is 0 Å². The quantitative estimate of drug-likeness (QED) is 0.153. The molecule has 4 aliphatic rings. The largest absolute Gasteiger partial charge is 0.456 e. The van der Waals surface area contributed by atoms with Gasteiger partial charge in [0.1, 0.15) is 11.2 Å². The molecule has 0 bridgehead atoms. The van der Waals surface area contributed by atoms with Crippen LogP contribution in [0.2, 0.25) is 0 Å². The molecule has 2 spiro atoms. The van der Waals surface area contributed by atoms with Gasteiger partial charge in [0.2, 0.25) is 0 Å². The van der Waals surface area contributed by atoms with E-state index in [2.05, 4.69) is 221 Å². The topological polar surface area (TPSA) is 16.4 Å². The molecule has 2 nitrogen and oxygen atoms in total. The lowest BCUT2D eigenvalue weighted by Crippen LogP contribution is -2.70. The van der Waals surface area contributed by atoms with Crippen LogP contribution in [0.3, 0.4) is 0 Å². The van der Waals surface area contributed by atoms with Gasteiger partial charge >= 0.3 is 0 Å². The van der Waals surface area contributed by atoms with E-state index >= 15 is 0 Å². The van der Waals surface area contributed by atoms with Gasteiger partial charge in [0.25, 0.3) is 0 Å². The summed E-state index contributed by atoms with van der Waals surface area (Å²) in [7, 11) is -2.72. The first-order valence-electron chi connectivity index (χ1n) is 22.3. The van der Waals surface area contributed by atoms with Crippen molar-refractivity contribution in [1.82, 2.24) is 0 Å². The molecule has 4 heterocycles. The Balaban J connectivity index is 1.15. The average Bonchev–Trinajstić information content (AvgIpc) is 3.94. The molecular weight excluding hydrogens is 779 g/mol. The van der Waals surface area contributed by atoms with Gasteiger partial charge in [-0.15, -0.1) is 0 Å². The minimum atomic E-state index is -2.72. The molecule has 0 saturated carbocycles. The van der Waals surface area contributed by atoms with Crippen molar-refractivity contribution in [2.75, 3.05) is 4.90 Å². The summed E-state index contributed by atoms with van der Waals surface area (Å²) in [6.45, 7) is 9.34. The van der Waals surface area contributed by atoms with Gasteiger partial charge in [0.05, 0.1) is 22.2 Å². The summed E-state index contributed by atoms with van der Waals surface area (Å²) in [5.41, 5.74) is 20.6. The Labute approximate surface area is 368 Å². The number of furan rings is 1. The maximum atomic E-state index is 6.83. The molecule has 0 unspecified atom stereocenters. The molecule has 1 aromatic heterocycles. The fourth-order valence-electron chi connectivity index (χ4n) is 13.0. The van der Waals surface area contributed by atoms with Crippen molar-refractivity contribution in [2.24, 2.45) is 0 Å². The van der Waals surface area contributed by atoms with Crippen molar-refractivity contribution < 1.29 is 4.42 Å². The molecule has 0 saturated heterocycles. The highest BCUT2D eigenvalue weighted by atomic mass is 28.3. The summed E-state index contributed by atoms with van der Waals surface area (Å²) in [5.74, 6) is 0. The summed E-state index contributed by atoms with van der Waals surface area (Å²) in [4.78, 5) is 2.61. The predicted molar refractivity (Wildman–Crippen MR) is 263 cm³/mol. The van der Waals surface area contributed by atoms with Crippen molar-refractivity contribution in [2.45, 2.75) is 38.5 Å². The second-order valence-electron chi connectivity index (χ2n) is 18.9. The lowest BCUT2D eigenvalue weighted by Gasteiger charge is -2.52. The van der Waals surface area contributed by atoms with Crippen LogP contribution in [-0.2, 0) is 10.8 Å². The third kappa shape index (κ3) is 4.15. The standard InChI is InChI=1S/C60H43NOSi/c1-36-25-29-44-48(33-36)60(49-34-37(2)26-30-45(49)59(44,3)4)46-19-9-10-20-50(46)61(58-47(60)31-32-52-57(58)43-18-5-11-21-51(43)62-52)38-27-28-42-41-17-8-14-24-55(41)63(56(42)35-38)53-22-12-6-15-39(53)40-16-7-13-23-54(40)63/h5-35H,1-4H3. The predicted octanol–water partition coefficient (Wildman–Crippen LogP) is 12.3. The SMILES string of the molecule is Cc1ccc2c(c1)C1(c3ccccc3N(c3ccc4c(c3)[Si]3(c5ccccc5-c5ccccc53)c3ccccc3-4)c3c1ccc1oc4ccccc4c31)c1cc(C)ccc1C2(C)C. The second-order valence-corrected chi connectivity index (χ2v) is 22.5. The van der Waals surface area contributed by atoms with Crippen LogP contribution in [0.15, 0.2) is 192 Å². The number of hydrogen-bond donors (Lipinski definition) is 0. The summed E-state index contributed by atoms with van der Waals surface area (Å²) in [6, 6.07) is 72.2. The number of benzene rings is 9. The normalized spacial score (nSPS) is 16.0. The molecule has 63 heavy (non-hydrogen) atoms. The number of para-hydroxylation sites is 2. The highest BCUT2D eigenvalue weighted by molar-refractivity contribution is 7.24. The van der Waals surface area contributed by atoms with E-state index < -0.39 is 13.5 Å². The maximum Gasteiger partial charge on any atom is 0.182 e. The maximum absolute atomic E-state index is 6.83. The van der Waals surface area contributed by atoms with Gasteiger partial charge in [-0.25, -0.2) is 0 Å². The second kappa shape index (κ2) is 12.0. The Morgan fingerprint density at radius 3 is 1.62 bits per heavy atom. The molecule has 3 heteroatoms. The Morgan fingerprint density at radius 2 is 0.968 bits per heavy atom. The van der Waals surface area contributed by atoms with Gasteiger partial charge in [0, 0.05) is 16.5 Å².